The summed E-state index contributed by atoms with van der Waals surface area (Å²) in [4.78, 5) is 18.0. The molecule has 1 aliphatic rings. The molecule has 3 aromatic carbocycles. The fraction of sp³-hybridized carbons (Fsp3) is 0.267. The molecule has 0 spiro atoms. The van der Waals surface area contributed by atoms with Gasteiger partial charge in [-0.3, -0.25) is 9.69 Å². The number of aliphatic hydroxyl groups is 1. The number of benzene rings is 3. The molecule has 41 heavy (non-hydrogen) atoms. The van der Waals surface area contributed by atoms with Gasteiger partial charge in [0.15, 0.2) is 6.79 Å². The molecule has 0 unspecified atom stereocenters. The van der Waals surface area contributed by atoms with Crippen LogP contribution in [0.3, 0.4) is 0 Å². The fourth-order valence-corrected chi connectivity index (χ4v) is 4.79. The van der Waals surface area contributed by atoms with Gasteiger partial charge in [-0.2, -0.15) is 9.78 Å². The predicted octanol–water partition coefficient (Wildman–Crippen LogP) is 4.58. The lowest BCUT2D eigenvalue weighted by molar-refractivity contribution is 0.0513. The third-order valence-electron chi connectivity index (χ3n) is 6.78. The SMILES string of the molecule is COCOc1cc(F)ccc1-c1ccc(Oc2c(N3CCN(CCO)CC3)cnn(-c3ccc(Cl)cc3)c2=O)cc1. The van der Waals surface area contributed by atoms with Gasteiger partial charge < -0.3 is 24.2 Å². The highest BCUT2D eigenvalue weighted by Crippen LogP contribution is 2.34. The Morgan fingerprint density at radius 2 is 1.73 bits per heavy atom. The first kappa shape index (κ1) is 28.6. The number of anilines is 1. The van der Waals surface area contributed by atoms with Gasteiger partial charge in [0.05, 0.1) is 18.5 Å². The highest BCUT2D eigenvalue weighted by atomic mass is 35.5. The molecule has 1 N–H and O–H groups in total. The molecule has 1 aromatic heterocycles. The first-order valence-electron chi connectivity index (χ1n) is 13.1. The third kappa shape index (κ3) is 6.68. The van der Waals surface area contributed by atoms with Crippen LogP contribution in [0.25, 0.3) is 16.8 Å². The summed E-state index contributed by atoms with van der Waals surface area (Å²) in [5, 5.41) is 14.3. The van der Waals surface area contributed by atoms with Crippen LogP contribution in [0.2, 0.25) is 5.02 Å². The Kier molecular flexibility index (Phi) is 9.15. The second kappa shape index (κ2) is 13.1. The first-order chi connectivity index (χ1) is 20.0. The third-order valence-corrected chi connectivity index (χ3v) is 7.03. The minimum Gasteiger partial charge on any atom is -0.467 e. The zero-order valence-corrected chi connectivity index (χ0v) is 23.3. The van der Waals surface area contributed by atoms with E-state index in [0.29, 0.717) is 53.1 Å². The van der Waals surface area contributed by atoms with Crippen LogP contribution in [-0.2, 0) is 4.74 Å². The number of piperazine rings is 1. The van der Waals surface area contributed by atoms with Crippen LogP contribution in [0.1, 0.15) is 0 Å². The summed E-state index contributed by atoms with van der Waals surface area (Å²) in [6.07, 6.45) is 1.64. The monoisotopic (exact) mass is 580 g/mol. The molecule has 1 fully saturated rings. The number of hydrogen-bond acceptors (Lipinski definition) is 8. The normalized spacial score (nSPS) is 13.8. The Balaban J connectivity index is 1.47. The van der Waals surface area contributed by atoms with Gasteiger partial charge in [0.2, 0.25) is 5.75 Å². The van der Waals surface area contributed by atoms with Gasteiger partial charge in [0.25, 0.3) is 0 Å². The number of aromatic nitrogens is 2. The van der Waals surface area contributed by atoms with E-state index in [9.17, 15) is 14.3 Å². The highest BCUT2D eigenvalue weighted by molar-refractivity contribution is 6.30. The number of aliphatic hydroxyl groups excluding tert-OH is 1. The number of ether oxygens (including phenoxy) is 3. The molecule has 11 heteroatoms. The van der Waals surface area contributed by atoms with Crippen LogP contribution in [0.4, 0.5) is 10.1 Å². The van der Waals surface area contributed by atoms with Crippen molar-refractivity contribution in [2.45, 2.75) is 0 Å². The summed E-state index contributed by atoms with van der Waals surface area (Å²) >= 11 is 6.05. The maximum atomic E-state index is 13.9. The Morgan fingerprint density at radius 1 is 1.00 bits per heavy atom. The van der Waals surface area contributed by atoms with E-state index in [1.54, 1.807) is 48.7 Å². The molecule has 1 aliphatic heterocycles. The Morgan fingerprint density at radius 3 is 2.41 bits per heavy atom. The molecule has 2 heterocycles. The van der Waals surface area contributed by atoms with E-state index >= 15 is 0 Å². The van der Waals surface area contributed by atoms with Gasteiger partial charge in [-0.15, -0.1) is 0 Å². The van der Waals surface area contributed by atoms with Gasteiger partial charge >= 0.3 is 5.56 Å². The smallest absolute Gasteiger partial charge is 0.316 e. The van der Waals surface area contributed by atoms with Gasteiger partial charge in [-0.05, 0) is 54.1 Å². The van der Waals surface area contributed by atoms with Crippen LogP contribution >= 0.6 is 11.6 Å². The van der Waals surface area contributed by atoms with Crippen molar-refractivity contribution in [1.82, 2.24) is 14.7 Å². The van der Waals surface area contributed by atoms with E-state index < -0.39 is 11.4 Å². The van der Waals surface area contributed by atoms with E-state index in [1.807, 2.05) is 12.1 Å². The Hall–Kier alpha value is -3.96. The van der Waals surface area contributed by atoms with Gasteiger partial charge in [-0.25, -0.2) is 4.39 Å². The molecule has 0 amide bonds. The van der Waals surface area contributed by atoms with Crippen molar-refractivity contribution < 1.29 is 23.7 Å². The van der Waals surface area contributed by atoms with Gasteiger partial charge in [-0.1, -0.05) is 23.7 Å². The van der Waals surface area contributed by atoms with E-state index in [1.165, 1.54) is 23.9 Å². The lowest BCUT2D eigenvalue weighted by atomic mass is 10.0. The lowest BCUT2D eigenvalue weighted by Crippen LogP contribution is -2.47. The second-order valence-electron chi connectivity index (χ2n) is 9.42. The van der Waals surface area contributed by atoms with Crippen LogP contribution in [0.5, 0.6) is 17.2 Å². The zero-order valence-electron chi connectivity index (χ0n) is 22.5. The molecular weight excluding hydrogens is 551 g/mol. The predicted molar refractivity (Wildman–Crippen MR) is 155 cm³/mol. The molecule has 0 radical (unpaired) electrons. The fourth-order valence-electron chi connectivity index (χ4n) is 4.67. The van der Waals surface area contributed by atoms with E-state index in [4.69, 9.17) is 25.8 Å². The topological polar surface area (TPSA) is 89.3 Å². The summed E-state index contributed by atoms with van der Waals surface area (Å²) in [5.74, 6) is 0.521. The van der Waals surface area contributed by atoms with Crippen LogP contribution in [0.15, 0.2) is 77.7 Å². The van der Waals surface area contributed by atoms with Crippen molar-refractivity contribution in [3.63, 3.8) is 0 Å². The van der Waals surface area contributed by atoms with Gasteiger partial charge in [0, 0.05) is 56.5 Å². The molecule has 9 nitrogen and oxygen atoms in total. The van der Waals surface area contributed by atoms with Crippen molar-refractivity contribution >= 4 is 17.3 Å². The Bertz CT molecular complexity index is 1520. The molecular formula is C30H30ClFN4O5. The maximum Gasteiger partial charge on any atom is 0.316 e. The van der Waals surface area contributed by atoms with Gasteiger partial charge in [0.1, 0.15) is 23.0 Å². The average Bonchev–Trinajstić information content (AvgIpc) is 2.99. The van der Waals surface area contributed by atoms with Crippen molar-refractivity contribution in [1.29, 1.82) is 0 Å². The maximum absolute atomic E-state index is 13.9. The van der Waals surface area contributed by atoms with E-state index in [2.05, 4.69) is 14.9 Å². The zero-order chi connectivity index (χ0) is 28.8. The second-order valence-corrected chi connectivity index (χ2v) is 9.86. The van der Waals surface area contributed by atoms with Crippen LogP contribution in [0, 0.1) is 5.82 Å². The summed E-state index contributed by atoms with van der Waals surface area (Å²) < 4.78 is 31.9. The summed E-state index contributed by atoms with van der Waals surface area (Å²) in [6, 6.07) is 18.2. The molecule has 0 aliphatic carbocycles. The average molecular weight is 581 g/mol. The number of halogens is 2. The van der Waals surface area contributed by atoms with Crippen molar-refractivity contribution in [2.24, 2.45) is 0 Å². The summed E-state index contributed by atoms with van der Waals surface area (Å²) in [5.41, 5.74) is 2.18. The molecule has 0 bridgehead atoms. The lowest BCUT2D eigenvalue weighted by Gasteiger charge is -2.36. The quantitative estimate of drug-likeness (QED) is 0.273. The minimum absolute atomic E-state index is 0.0172. The minimum atomic E-state index is -0.417. The largest absolute Gasteiger partial charge is 0.467 e. The number of hydrogen-bond donors (Lipinski definition) is 1. The molecule has 5 rings (SSSR count). The van der Waals surface area contributed by atoms with Crippen molar-refractivity contribution in [3.05, 3.63) is 94.1 Å². The van der Waals surface area contributed by atoms with Crippen LogP contribution < -0.4 is 19.9 Å². The molecule has 0 saturated carbocycles. The highest BCUT2D eigenvalue weighted by Gasteiger charge is 2.24. The molecule has 214 valence electrons. The van der Waals surface area contributed by atoms with Crippen molar-refractivity contribution in [2.75, 3.05) is 58.1 Å². The van der Waals surface area contributed by atoms with Crippen LogP contribution in [-0.4, -0.2) is 73.0 Å². The molecule has 1 saturated heterocycles. The standard InChI is InChI=1S/C30H30ClFN4O5/c1-39-20-40-28-18-23(32)6-11-26(28)21-2-9-25(10-3-21)41-29-27(35-14-12-34(13-15-35)16-17-37)19-33-36(30(29)38)24-7-4-22(31)5-8-24/h2-11,18-19,37H,12-17,20H2,1H3. The summed E-state index contributed by atoms with van der Waals surface area (Å²) in [6.45, 7) is 3.45. The number of methoxy groups -OCH3 is 1. The van der Waals surface area contributed by atoms with Crippen molar-refractivity contribution in [3.8, 4) is 34.1 Å². The number of nitrogens with zero attached hydrogens (tertiary/aromatic N) is 4. The molecule has 4 aromatic rings. The van der Waals surface area contributed by atoms with E-state index in [0.717, 1.165) is 18.7 Å². The number of rotatable bonds is 10. The Labute approximate surface area is 241 Å². The summed E-state index contributed by atoms with van der Waals surface area (Å²) in [7, 11) is 1.49. The first-order valence-corrected chi connectivity index (χ1v) is 13.5. The van der Waals surface area contributed by atoms with E-state index in [-0.39, 0.29) is 19.1 Å². The molecule has 0 atom stereocenters. The number of β-amino-alcohol motifs (C(OH)–C–C–N with tert-alkyl or cyclic N) is 1.